The summed E-state index contributed by atoms with van der Waals surface area (Å²) in [6.07, 6.45) is 4.46. The van der Waals surface area contributed by atoms with E-state index in [0.29, 0.717) is 5.92 Å². The second-order valence-electron chi connectivity index (χ2n) is 4.06. The van der Waals surface area contributed by atoms with Crippen LogP contribution in [0.1, 0.15) is 13.3 Å². The van der Waals surface area contributed by atoms with Gasteiger partial charge in [0.1, 0.15) is 11.4 Å². The van der Waals surface area contributed by atoms with Crippen LogP contribution in [-0.4, -0.2) is 18.1 Å². The molecular weight excluding hydrogens is 202 g/mol. The summed E-state index contributed by atoms with van der Waals surface area (Å²) in [5.41, 5.74) is 6.38. The molecule has 0 saturated carbocycles. The molecular formula is C12H17N3O. The molecule has 0 aromatic carbocycles. The molecule has 86 valence electrons. The molecule has 16 heavy (non-hydrogen) atoms. The van der Waals surface area contributed by atoms with Gasteiger partial charge in [-0.1, -0.05) is 6.92 Å². The Balaban J connectivity index is 2.06. The van der Waals surface area contributed by atoms with E-state index in [4.69, 9.17) is 10.2 Å². The van der Waals surface area contributed by atoms with Gasteiger partial charge in [0.2, 0.25) is 0 Å². The number of pyridine rings is 1. The number of fused-ring (bicyclic) bond motifs is 1. The summed E-state index contributed by atoms with van der Waals surface area (Å²) < 4.78 is 5.31. The van der Waals surface area contributed by atoms with Crippen molar-refractivity contribution in [1.29, 1.82) is 0 Å². The number of nitrogens with zero attached hydrogens (tertiary/aromatic N) is 1. The van der Waals surface area contributed by atoms with Gasteiger partial charge in [-0.05, 0) is 31.0 Å². The highest BCUT2D eigenvalue weighted by atomic mass is 16.3. The zero-order valence-electron chi connectivity index (χ0n) is 9.44. The highest BCUT2D eigenvalue weighted by Crippen LogP contribution is 2.21. The Morgan fingerprint density at radius 3 is 3.19 bits per heavy atom. The lowest BCUT2D eigenvalue weighted by Crippen LogP contribution is -2.15. The first-order valence-electron chi connectivity index (χ1n) is 5.57. The van der Waals surface area contributed by atoms with E-state index in [2.05, 4.69) is 17.2 Å². The second kappa shape index (κ2) is 4.99. The van der Waals surface area contributed by atoms with Gasteiger partial charge in [-0.2, -0.15) is 0 Å². The van der Waals surface area contributed by atoms with Gasteiger partial charge < -0.3 is 15.5 Å². The number of hydrogen-bond donors (Lipinski definition) is 2. The van der Waals surface area contributed by atoms with Crippen LogP contribution in [0.25, 0.3) is 11.0 Å². The van der Waals surface area contributed by atoms with E-state index in [1.54, 1.807) is 12.5 Å². The summed E-state index contributed by atoms with van der Waals surface area (Å²) in [5, 5.41) is 4.36. The molecule has 0 aliphatic carbocycles. The summed E-state index contributed by atoms with van der Waals surface area (Å²) in [7, 11) is 0. The molecule has 0 radical (unpaired) electrons. The monoisotopic (exact) mass is 219 g/mol. The number of nitrogens with two attached hydrogens (primary N) is 1. The summed E-state index contributed by atoms with van der Waals surface area (Å²) in [5.74, 6) is 1.43. The molecule has 3 N–H and O–H groups in total. The Bertz CT molecular complexity index is 452. The van der Waals surface area contributed by atoms with Crippen LogP contribution in [0.2, 0.25) is 0 Å². The average molecular weight is 219 g/mol. The van der Waals surface area contributed by atoms with Crippen LogP contribution in [0.15, 0.2) is 29.0 Å². The first kappa shape index (κ1) is 11.0. The largest absolute Gasteiger partial charge is 0.464 e. The van der Waals surface area contributed by atoms with E-state index in [1.165, 1.54) is 0 Å². The van der Waals surface area contributed by atoms with Gasteiger partial charge in [0.25, 0.3) is 0 Å². The fourth-order valence-electron chi connectivity index (χ4n) is 1.69. The number of nitrogens with one attached hydrogen (secondary N) is 1. The van der Waals surface area contributed by atoms with Crippen molar-refractivity contribution in [2.45, 2.75) is 13.3 Å². The van der Waals surface area contributed by atoms with E-state index in [9.17, 15) is 0 Å². The maximum absolute atomic E-state index is 5.51. The van der Waals surface area contributed by atoms with Crippen molar-refractivity contribution in [1.82, 2.24) is 4.98 Å². The number of furan rings is 1. The first-order chi connectivity index (χ1) is 7.81. The maximum atomic E-state index is 5.51. The van der Waals surface area contributed by atoms with Gasteiger partial charge in [-0.25, -0.2) is 4.98 Å². The van der Waals surface area contributed by atoms with Crippen molar-refractivity contribution < 1.29 is 4.42 Å². The molecule has 1 atom stereocenters. The number of rotatable bonds is 5. The summed E-state index contributed by atoms with van der Waals surface area (Å²) in [6, 6.07) is 3.79. The fraction of sp³-hybridized carbons (Fsp3) is 0.417. The second-order valence-corrected chi connectivity index (χ2v) is 4.06. The third-order valence-electron chi connectivity index (χ3n) is 2.66. The van der Waals surface area contributed by atoms with Crippen molar-refractivity contribution >= 4 is 16.8 Å². The van der Waals surface area contributed by atoms with Crippen LogP contribution in [0.5, 0.6) is 0 Å². The van der Waals surface area contributed by atoms with Crippen LogP contribution in [0, 0.1) is 5.92 Å². The maximum Gasteiger partial charge on any atom is 0.139 e. The molecule has 4 heteroatoms. The third-order valence-corrected chi connectivity index (χ3v) is 2.66. The first-order valence-corrected chi connectivity index (χ1v) is 5.57. The summed E-state index contributed by atoms with van der Waals surface area (Å²) >= 11 is 0. The van der Waals surface area contributed by atoms with Crippen LogP contribution >= 0.6 is 0 Å². The smallest absolute Gasteiger partial charge is 0.139 e. The number of hydrogen-bond acceptors (Lipinski definition) is 4. The van der Waals surface area contributed by atoms with E-state index < -0.39 is 0 Å². The van der Waals surface area contributed by atoms with Gasteiger partial charge in [0, 0.05) is 12.7 Å². The molecule has 0 saturated heterocycles. The van der Waals surface area contributed by atoms with E-state index in [0.717, 1.165) is 36.3 Å². The average Bonchev–Trinajstić information content (AvgIpc) is 2.75. The normalized spacial score (nSPS) is 12.9. The summed E-state index contributed by atoms with van der Waals surface area (Å²) in [4.78, 5) is 4.31. The molecule has 2 rings (SSSR count). The van der Waals surface area contributed by atoms with Gasteiger partial charge in [0.05, 0.1) is 11.6 Å². The van der Waals surface area contributed by atoms with Crippen LogP contribution in [-0.2, 0) is 0 Å². The van der Waals surface area contributed by atoms with Crippen LogP contribution in [0.4, 0.5) is 5.82 Å². The Labute approximate surface area is 94.8 Å². The SMILES string of the molecule is CC(CCN)CNc1nccc2occc12. The highest BCUT2D eigenvalue weighted by molar-refractivity contribution is 5.87. The molecule has 0 amide bonds. The van der Waals surface area contributed by atoms with Gasteiger partial charge >= 0.3 is 0 Å². The molecule has 2 aromatic rings. The fourth-order valence-corrected chi connectivity index (χ4v) is 1.69. The number of aromatic nitrogens is 1. The van der Waals surface area contributed by atoms with E-state index in [1.807, 2.05) is 12.1 Å². The highest BCUT2D eigenvalue weighted by Gasteiger charge is 2.06. The molecule has 0 aliphatic rings. The minimum Gasteiger partial charge on any atom is -0.464 e. The molecule has 2 aromatic heterocycles. The number of anilines is 1. The Hall–Kier alpha value is -1.55. The molecule has 1 unspecified atom stereocenters. The Kier molecular flexibility index (Phi) is 3.41. The Morgan fingerprint density at radius 1 is 1.50 bits per heavy atom. The predicted octanol–water partition coefficient (Wildman–Crippen LogP) is 2.22. The Morgan fingerprint density at radius 2 is 2.38 bits per heavy atom. The molecule has 0 bridgehead atoms. The minimum absolute atomic E-state index is 0.550. The molecule has 0 aliphatic heterocycles. The van der Waals surface area contributed by atoms with E-state index >= 15 is 0 Å². The standard InChI is InChI=1S/C12H17N3O/c1-9(2-5-13)8-15-12-10-4-7-16-11(10)3-6-14-12/h3-4,6-7,9H,2,5,8,13H2,1H3,(H,14,15). The lowest BCUT2D eigenvalue weighted by atomic mass is 10.1. The molecule has 4 nitrogen and oxygen atoms in total. The van der Waals surface area contributed by atoms with Gasteiger partial charge in [-0.15, -0.1) is 0 Å². The van der Waals surface area contributed by atoms with Gasteiger partial charge in [-0.3, -0.25) is 0 Å². The lowest BCUT2D eigenvalue weighted by molar-refractivity contribution is 0.568. The quantitative estimate of drug-likeness (QED) is 0.809. The van der Waals surface area contributed by atoms with Crippen molar-refractivity contribution in [2.24, 2.45) is 11.7 Å². The van der Waals surface area contributed by atoms with Crippen LogP contribution < -0.4 is 11.1 Å². The van der Waals surface area contributed by atoms with Crippen molar-refractivity contribution in [2.75, 3.05) is 18.4 Å². The van der Waals surface area contributed by atoms with E-state index in [-0.39, 0.29) is 0 Å². The third kappa shape index (κ3) is 2.33. The van der Waals surface area contributed by atoms with Crippen molar-refractivity contribution in [3.8, 4) is 0 Å². The molecule has 2 heterocycles. The lowest BCUT2D eigenvalue weighted by Gasteiger charge is -2.12. The minimum atomic E-state index is 0.550. The molecule has 0 fully saturated rings. The van der Waals surface area contributed by atoms with Gasteiger partial charge in [0.15, 0.2) is 0 Å². The van der Waals surface area contributed by atoms with Crippen molar-refractivity contribution in [3.63, 3.8) is 0 Å². The molecule has 0 spiro atoms. The van der Waals surface area contributed by atoms with Crippen LogP contribution in [0.3, 0.4) is 0 Å². The van der Waals surface area contributed by atoms with Crippen molar-refractivity contribution in [3.05, 3.63) is 24.6 Å². The zero-order chi connectivity index (χ0) is 11.4. The predicted molar refractivity (Wildman–Crippen MR) is 65.3 cm³/mol. The topological polar surface area (TPSA) is 64.1 Å². The summed E-state index contributed by atoms with van der Waals surface area (Å²) in [6.45, 7) is 3.79. The zero-order valence-corrected chi connectivity index (χ0v) is 9.44.